The molecule has 1 aromatic rings. The molecule has 1 N–H and O–H groups in total. The third-order valence-corrected chi connectivity index (χ3v) is 3.73. The summed E-state index contributed by atoms with van der Waals surface area (Å²) >= 11 is 0. The van der Waals surface area contributed by atoms with Gasteiger partial charge in [0, 0.05) is 6.54 Å². The summed E-state index contributed by atoms with van der Waals surface area (Å²) < 4.78 is 0. The third-order valence-electron chi connectivity index (χ3n) is 3.73. The highest BCUT2D eigenvalue weighted by molar-refractivity contribution is 5.25. The summed E-state index contributed by atoms with van der Waals surface area (Å²) in [6.07, 6.45) is 3.70. The zero-order valence-corrected chi connectivity index (χ0v) is 12.7. The molecule has 1 unspecified atom stereocenters. The van der Waals surface area contributed by atoms with Gasteiger partial charge in [-0.15, -0.1) is 0 Å². The average molecular weight is 247 g/mol. The van der Waals surface area contributed by atoms with Crippen molar-refractivity contribution in [1.82, 2.24) is 5.32 Å². The first kappa shape index (κ1) is 15.2. The first-order chi connectivity index (χ1) is 8.50. The molecule has 0 bridgehead atoms. The highest BCUT2D eigenvalue weighted by Crippen LogP contribution is 2.28. The van der Waals surface area contributed by atoms with Crippen LogP contribution < -0.4 is 5.32 Å². The first-order valence-electron chi connectivity index (χ1n) is 7.24. The zero-order chi connectivity index (χ0) is 13.6. The Kier molecular flexibility index (Phi) is 5.87. The van der Waals surface area contributed by atoms with Gasteiger partial charge in [-0.25, -0.2) is 0 Å². The predicted molar refractivity (Wildman–Crippen MR) is 81.2 cm³/mol. The Balaban J connectivity index is 2.74. The highest BCUT2D eigenvalue weighted by atomic mass is 14.8. The summed E-state index contributed by atoms with van der Waals surface area (Å²) in [5.74, 6) is 0.624. The lowest BCUT2D eigenvalue weighted by Crippen LogP contribution is -2.31. The molecule has 1 nitrogen and oxygen atoms in total. The summed E-state index contributed by atoms with van der Waals surface area (Å²) in [5, 5.41) is 3.34. The van der Waals surface area contributed by atoms with Gasteiger partial charge in [-0.1, -0.05) is 58.4 Å². The first-order valence-corrected chi connectivity index (χ1v) is 7.24. The van der Waals surface area contributed by atoms with Crippen molar-refractivity contribution in [3.63, 3.8) is 0 Å². The molecule has 1 atom stereocenters. The van der Waals surface area contributed by atoms with Crippen molar-refractivity contribution < 1.29 is 0 Å². The maximum atomic E-state index is 3.34. The fourth-order valence-corrected chi connectivity index (χ4v) is 2.78. The lowest BCUT2D eigenvalue weighted by atomic mass is 9.79. The lowest BCUT2D eigenvalue weighted by molar-refractivity contribution is 0.283. The minimum absolute atomic E-state index is 0.378. The van der Waals surface area contributed by atoms with Gasteiger partial charge in [0.15, 0.2) is 0 Å². The van der Waals surface area contributed by atoms with Gasteiger partial charge in [0.1, 0.15) is 0 Å². The summed E-state index contributed by atoms with van der Waals surface area (Å²) in [7, 11) is 2.05. The van der Waals surface area contributed by atoms with Gasteiger partial charge in [0.25, 0.3) is 0 Å². The monoisotopic (exact) mass is 247 g/mol. The summed E-state index contributed by atoms with van der Waals surface area (Å²) in [4.78, 5) is 0. The van der Waals surface area contributed by atoms with E-state index in [0.29, 0.717) is 11.3 Å². The molecule has 1 rings (SSSR count). The summed E-state index contributed by atoms with van der Waals surface area (Å²) in [5.41, 5.74) is 3.28. The molecule has 0 spiro atoms. The van der Waals surface area contributed by atoms with Crippen LogP contribution in [0.15, 0.2) is 24.3 Å². The van der Waals surface area contributed by atoms with Crippen LogP contribution in [0.1, 0.15) is 57.6 Å². The van der Waals surface area contributed by atoms with Crippen LogP contribution in [0.2, 0.25) is 0 Å². The van der Waals surface area contributed by atoms with Gasteiger partial charge < -0.3 is 5.32 Å². The molecule has 0 aliphatic heterocycles. The van der Waals surface area contributed by atoms with Gasteiger partial charge in [-0.3, -0.25) is 0 Å². The second-order valence-corrected chi connectivity index (χ2v) is 6.16. The SMILES string of the molecule is CCCC(C)(CNC)Cc1ccc(C(C)C)cc1. The smallest absolute Gasteiger partial charge is 0.000534 e. The highest BCUT2D eigenvalue weighted by Gasteiger charge is 2.22. The van der Waals surface area contributed by atoms with Crippen LogP contribution in [0.3, 0.4) is 0 Å². The number of hydrogen-bond donors (Lipinski definition) is 1. The van der Waals surface area contributed by atoms with Crippen molar-refractivity contribution in [2.24, 2.45) is 5.41 Å². The molecule has 18 heavy (non-hydrogen) atoms. The Labute approximate surface area is 113 Å². The topological polar surface area (TPSA) is 12.0 Å². The Morgan fingerprint density at radius 1 is 1.17 bits per heavy atom. The van der Waals surface area contributed by atoms with E-state index in [1.165, 1.54) is 30.4 Å². The molecule has 0 aliphatic carbocycles. The van der Waals surface area contributed by atoms with Crippen LogP contribution in [0.5, 0.6) is 0 Å². The molecule has 1 heteroatoms. The van der Waals surface area contributed by atoms with Crippen molar-refractivity contribution in [1.29, 1.82) is 0 Å². The minimum atomic E-state index is 0.378. The normalized spacial score (nSPS) is 14.8. The average Bonchev–Trinajstić information content (AvgIpc) is 2.30. The van der Waals surface area contributed by atoms with Crippen LogP contribution in [0.4, 0.5) is 0 Å². The van der Waals surface area contributed by atoms with Gasteiger partial charge in [0.2, 0.25) is 0 Å². The second-order valence-electron chi connectivity index (χ2n) is 6.16. The van der Waals surface area contributed by atoms with Crippen LogP contribution in [0, 0.1) is 5.41 Å². The van der Waals surface area contributed by atoms with Gasteiger partial charge >= 0.3 is 0 Å². The fraction of sp³-hybridized carbons (Fsp3) is 0.647. The minimum Gasteiger partial charge on any atom is -0.319 e. The van der Waals surface area contributed by atoms with E-state index in [2.05, 4.69) is 64.3 Å². The molecule has 0 fully saturated rings. The molecular weight excluding hydrogens is 218 g/mol. The maximum absolute atomic E-state index is 3.34. The van der Waals surface area contributed by atoms with E-state index in [-0.39, 0.29) is 0 Å². The summed E-state index contributed by atoms with van der Waals surface area (Å²) in [6.45, 7) is 10.3. The van der Waals surface area contributed by atoms with E-state index < -0.39 is 0 Å². The molecule has 1 aromatic carbocycles. The molecule has 0 aliphatic rings. The number of hydrogen-bond acceptors (Lipinski definition) is 1. The van der Waals surface area contributed by atoms with Gasteiger partial charge in [-0.2, -0.15) is 0 Å². The predicted octanol–water partition coefficient (Wildman–Crippen LogP) is 4.38. The van der Waals surface area contributed by atoms with Gasteiger partial charge in [-0.05, 0) is 42.3 Å². The third kappa shape index (κ3) is 4.45. The molecule has 0 saturated carbocycles. The fourth-order valence-electron chi connectivity index (χ4n) is 2.78. The Bertz CT molecular complexity index is 331. The van der Waals surface area contributed by atoms with Crippen LogP contribution >= 0.6 is 0 Å². The van der Waals surface area contributed by atoms with Crippen molar-refractivity contribution in [3.8, 4) is 0 Å². The molecule has 102 valence electrons. The molecule has 0 radical (unpaired) electrons. The van der Waals surface area contributed by atoms with E-state index in [0.717, 1.165) is 6.54 Å². The van der Waals surface area contributed by atoms with Crippen molar-refractivity contribution in [3.05, 3.63) is 35.4 Å². The van der Waals surface area contributed by atoms with E-state index in [4.69, 9.17) is 0 Å². The van der Waals surface area contributed by atoms with Crippen LogP contribution in [0.25, 0.3) is 0 Å². The molecule has 0 saturated heterocycles. The molecule has 0 heterocycles. The number of nitrogens with one attached hydrogen (secondary N) is 1. The van der Waals surface area contributed by atoms with Crippen molar-refractivity contribution >= 4 is 0 Å². The van der Waals surface area contributed by atoms with Gasteiger partial charge in [0.05, 0.1) is 0 Å². The quantitative estimate of drug-likeness (QED) is 0.754. The number of benzene rings is 1. The largest absolute Gasteiger partial charge is 0.319 e. The van der Waals surface area contributed by atoms with E-state index in [1.54, 1.807) is 0 Å². The molecule has 0 amide bonds. The molecule has 0 aromatic heterocycles. The van der Waals surface area contributed by atoms with E-state index in [1.807, 2.05) is 0 Å². The van der Waals surface area contributed by atoms with Crippen LogP contribution in [-0.2, 0) is 6.42 Å². The second kappa shape index (κ2) is 6.94. The van der Waals surface area contributed by atoms with E-state index in [9.17, 15) is 0 Å². The zero-order valence-electron chi connectivity index (χ0n) is 12.7. The Hall–Kier alpha value is -0.820. The standard InChI is InChI=1S/C17H29N/c1-6-11-17(4,13-18-5)12-15-7-9-16(10-8-15)14(2)3/h7-10,14,18H,6,11-13H2,1-5H3. The molecular formula is C17H29N. The van der Waals surface area contributed by atoms with E-state index >= 15 is 0 Å². The van der Waals surface area contributed by atoms with Crippen molar-refractivity contribution in [2.45, 2.75) is 52.9 Å². The summed E-state index contributed by atoms with van der Waals surface area (Å²) in [6, 6.07) is 9.18. The lowest BCUT2D eigenvalue weighted by Gasteiger charge is -2.29. The van der Waals surface area contributed by atoms with Crippen LogP contribution in [-0.4, -0.2) is 13.6 Å². The number of rotatable bonds is 7. The van der Waals surface area contributed by atoms with Crippen molar-refractivity contribution in [2.75, 3.05) is 13.6 Å². The maximum Gasteiger partial charge on any atom is 0.000534 e. The Morgan fingerprint density at radius 2 is 1.78 bits per heavy atom. The Morgan fingerprint density at radius 3 is 2.22 bits per heavy atom.